The van der Waals surface area contributed by atoms with Gasteiger partial charge in [0.25, 0.3) is 5.75 Å². The average Bonchev–Trinajstić information content (AvgIpc) is 2.70. The summed E-state index contributed by atoms with van der Waals surface area (Å²) in [5, 5.41) is 10.1. The molecule has 144 valence electrons. The predicted octanol–water partition coefficient (Wildman–Crippen LogP) is 4.45. The molecule has 0 radical (unpaired) electrons. The summed E-state index contributed by atoms with van der Waals surface area (Å²) >= 11 is 0. The summed E-state index contributed by atoms with van der Waals surface area (Å²) in [4.78, 5) is 24.9. The number of rotatable bonds is 7. The van der Waals surface area contributed by atoms with E-state index in [2.05, 4.69) is 0 Å². The van der Waals surface area contributed by atoms with Crippen LogP contribution in [0.3, 0.4) is 0 Å². The Hall–Kier alpha value is -3.54. The van der Waals surface area contributed by atoms with Gasteiger partial charge in [-0.3, -0.25) is 0 Å². The quantitative estimate of drug-likeness (QED) is 0.282. The molecule has 3 aromatic rings. The van der Waals surface area contributed by atoms with E-state index in [-0.39, 0.29) is 29.4 Å². The maximum atomic E-state index is 12.4. The molecule has 0 atom stereocenters. The number of allylic oxidation sites excluding steroid dienone is 1. The molecule has 6 heteroatoms. The maximum absolute atomic E-state index is 12.4. The fraction of sp³-hybridized carbons (Fsp3) is 0.182. The van der Waals surface area contributed by atoms with Crippen LogP contribution in [0.25, 0.3) is 11.0 Å². The van der Waals surface area contributed by atoms with Crippen molar-refractivity contribution in [2.75, 3.05) is 6.61 Å². The summed E-state index contributed by atoms with van der Waals surface area (Å²) in [7, 11) is 0. The lowest BCUT2D eigenvalue weighted by molar-refractivity contribution is 0.0721. The number of carbonyl (C=O) groups excluding carboxylic acids is 1. The van der Waals surface area contributed by atoms with Gasteiger partial charge in [-0.15, -0.1) is 0 Å². The minimum atomic E-state index is -0.860. The van der Waals surface area contributed by atoms with Crippen molar-refractivity contribution in [3.8, 4) is 17.2 Å². The van der Waals surface area contributed by atoms with Crippen molar-refractivity contribution in [1.82, 2.24) is 0 Å². The molecule has 0 aliphatic carbocycles. The Bertz CT molecular complexity index is 1050. The fourth-order valence-corrected chi connectivity index (χ4v) is 2.61. The molecule has 1 N–H and O–H groups in total. The highest BCUT2D eigenvalue weighted by Crippen LogP contribution is 2.34. The van der Waals surface area contributed by atoms with E-state index in [1.54, 1.807) is 36.4 Å². The van der Waals surface area contributed by atoms with Crippen LogP contribution < -0.4 is 15.1 Å². The van der Waals surface area contributed by atoms with Crippen LogP contribution in [0.4, 0.5) is 0 Å². The Labute approximate surface area is 161 Å². The molecule has 0 saturated heterocycles. The first-order valence-corrected chi connectivity index (χ1v) is 8.95. The Morgan fingerprint density at radius 2 is 1.89 bits per heavy atom. The third-order valence-electron chi connectivity index (χ3n) is 3.94. The lowest BCUT2D eigenvalue weighted by Gasteiger charge is -2.12. The van der Waals surface area contributed by atoms with Gasteiger partial charge in [-0.25, -0.2) is 9.59 Å². The minimum Gasteiger partial charge on any atom is -0.508 e. The highest BCUT2D eigenvalue weighted by molar-refractivity contribution is 5.93. The van der Waals surface area contributed by atoms with Crippen molar-refractivity contribution < 1.29 is 23.8 Å². The second kappa shape index (κ2) is 8.90. The van der Waals surface area contributed by atoms with E-state index in [0.717, 1.165) is 6.42 Å². The van der Waals surface area contributed by atoms with Gasteiger partial charge < -0.3 is 19.0 Å². The number of aromatic hydroxyl groups is 1. The van der Waals surface area contributed by atoms with Crippen LogP contribution in [0.15, 0.2) is 69.9 Å². The number of esters is 1. The van der Waals surface area contributed by atoms with Crippen LogP contribution >= 0.6 is 0 Å². The summed E-state index contributed by atoms with van der Waals surface area (Å²) in [6.07, 6.45) is 5.51. The van der Waals surface area contributed by atoms with Crippen LogP contribution in [0.5, 0.6) is 17.2 Å². The Balaban J connectivity index is 1.99. The molecule has 6 nitrogen and oxygen atoms in total. The first-order valence-electron chi connectivity index (χ1n) is 8.95. The molecule has 0 amide bonds. The van der Waals surface area contributed by atoms with E-state index < -0.39 is 11.6 Å². The van der Waals surface area contributed by atoms with Crippen LogP contribution in [0, 0.1) is 0 Å². The van der Waals surface area contributed by atoms with Gasteiger partial charge in [-0.1, -0.05) is 37.3 Å². The Morgan fingerprint density at radius 3 is 2.64 bits per heavy atom. The second-order valence-corrected chi connectivity index (χ2v) is 6.00. The first-order chi connectivity index (χ1) is 13.6. The molecule has 2 aromatic carbocycles. The smallest absolute Gasteiger partial charge is 0.383 e. The van der Waals surface area contributed by atoms with Crippen LogP contribution in [0.2, 0.25) is 0 Å². The zero-order chi connectivity index (χ0) is 19.9. The fourth-order valence-electron chi connectivity index (χ4n) is 2.61. The highest BCUT2D eigenvalue weighted by atomic mass is 16.6. The molecule has 3 rings (SSSR count). The molecule has 0 bridgehead atoms. The highest BCUT2D eigenvalue weighted by Gasteiger charge is 2.21. The molecule has 1 heterocycles. The van der Waals surface area contributed by atoms with Crippen molar-refractivity contribution in [3.05, 3.63) is 76.7 Å². The normalized spacial score (nSPS) is 11.0. The van der Waals surface area contributed by atoms with Crippen molar-refractivity contribution in [1.29, 1.82) is 0 Å². The minimum absolute atomic E-state index is 0.0542. The maximum Gasteiger partial charge on any atom is 0.383 e. The van der Waals surface area contributed by atoms with E-state index in [9.17, 15) is 14.7 Å². The molecule has 1 aromatic heterocycles. The topological polar surface area (TPSA) is 86.0 Å². The zero-order valence-electron chi connectivity index (χ0n) is 15.4. The number of phenolic OH excluding ortho intramolecular Hbond substituents is 1. The summed E-state index contributed by atoms with van der Waals surface area (Å²) in [6.45, 7) is 2.31. The summed E-state index contributed by atoms with van der Waals surface area (Å²) in [5.74, 6) is -0.949. The predicted molar refractivity (Wildman–Crippen MR) is 105 cm³/mol. The molecule has 0 saturated carbocycles. The largest absolute Gasteiger partial charge is 0.508 e. The Morgan fingerprint density at radius 1 is 1.11 bits per heavy atom. The van der Waals surface area contributed by atoms with Gasteiger partial charge in [0, 0.05) is 6.07 Å². The van der Waals surface area contributed by atoms with Gasteiger partial charge >= 0.3 is 11.6 Å². The average molecular weight is 380 g/mol. The van der Waals surface area contributed by atoms with Crippen molar-refractivity contribution in [2.45, 2.75) is 19.8 Å². The number of fused-ring (bicyclic) bond motifs is 1. The zero-order valence-corrected chi connectivity index (χ0v) is 15.4. The van der Waals surface area contributed by atoms with Gasteiger partial charge in [0.05, 0.1) is 17.6 Å². The summed E-state index contributed by atoms with van der Waals surface area (Å²) < 4.78 is 16.3. The molecule has 0 unspecified atom stereocenters. The van der Waals surface area contributed by atoms with Crippen molar-refractivity contribution in [2.24, 2.45) is 0 Å². The SMILES string of the molecule is CC/C=C/CCOc1c(OC(=O)c2ccccc2)c(=O)oc2cc(O)ccc12. The van der Waals surface area contributed by atoms with E-state index in [0.29, 0.717) is 17.4 Å². The lowest BCUT2D eigenvalue weighted by atomic mass is 10.2. The number of benzene rings is 2. The second-order valence-electron chi connectivity index (χ2n) is 6.00. The molecule has 0 fully saturated rings. The van der Waals surface area contributed by atoms with Crippen molar-refractivity contribution in [3.63, 3.8) is 0 Å². The Kier molecular flexibility index (Phi) is 6.11. The van der Waals surface area contributed by atoms with Crippen molar-refractivity contribution >= 4 is 16.9 Å². The molecule has 0 aliphatic heterocycles. The standard InChI is InChI=1S/C22H20O6/c1-2-3-4-8-13-26-19-17-12-11-16(23)14-18(17)27-22(25)20(19)28-21(24)15-9-6-5-7-10-15/h3-7,9-12,14,23H,2,8,13H2,1H3/b4-3+. The third-order valence-corrected chi connectivity index (χ3v) is 3.94. The monoisotopic (exact) mass is 380 g/mol. The molecular weight excluding hydrogens is 360 g/mol. The first kappa shape index (κ1) is 19.2. The number of ether oxygens (including phenoxy) is 2. The van der Waals surface area contributed by atoms with E-state index in [1.807, 2.05) is 19.1 Å². The van der Waals surface area contributed by atoms with Gasteiger partial charge in [0.1, 0.15) is 11.3 Å². The van der Waals surface area contributed by atoms with Gasteiger partial charge in [-0.05, 0) is 37.1 Å². The molecule has 0 spiro atoms. The van der Waals surface area contributed by atoms with Crippen LogP contribution in [-0.4, -0.2) is 17.7 Å². The molecular formula is C22H20O6. The number of phenols is 1. The molecule has 28 heavy (non-hydrogen) atoms. The third kappa shape index (κ3) is 4.40. The van der Waals surface area contributed by atoms with Gasteiger partial charge in [0.2, 0.25) is 0 Å². The van der Waals surface area contributed by atoms with E-state index in [1.165, 1.54) is 12.1 Å². The number of carbonyl (C=O) groups is 1. The van der Waals surface area contributed by atoms with E-state index in [4.69, 9.17) is 13.9 Å². The van der Waals surface area contributed by atoms with Crippen LogP contribution in [-0.2, 0) is 0 Å². The number of hydrogen-bond donors (Lipinski definition) is 1. The summed E-state index contributed by atoms with van der Waals surface area (Å²) in [6, 6.07) is 12.6. The van der Waals surface area contributed by atoms with E-state index >= 15 is 0 Å². The lowest BCUT2D eigenvalue weighted by Crippen LogP contribution is -2.16. The van der Waals surface area contributed by atoms with Gasteiger partial charge in [-0.2, -0.15) is 0 Å². The number of hydrogen-bond acceptors (Lipinski definition) is 6. The van der Waals surface area contributed by atoms with Crippen LogP contribution in [0.1, 0.15) is 30.1 Å². The molecule has 0 aliphatic rings. The van der Waals surface area contributed by atoms with Gasteiger partial charge in [0.15, 0.2) is 5.75 Å². The summed E-state index contributed by atoms with van der Waals surface area (Å²) in [5.41, 5.74) is -0.422.